The molecule has 0 aromatic heterocycles. The lowest BCUT2D eigenvalue weighted by Gasteiger charge is -2.31. The molecule has 1 aromatic carbocycles. The number of aliphatic hydroxyl groups is 1. The Morgan fingerprint density at radius 1 is 1.16 bits per heavy atom. The summed E-state index contributed by atoms with van der Waals surface area (Å²) in [7, 11) is 0. The van der Waals surface area contributed by atoms with Crippen molar-refractivity contribution in [1.29, 1.82) is 0 Å². The van der Waals surface area contributed by atoms with Crippen molar-refractivity contribution < 1.29 is 13.9 Å². The van der Waals surface area contributed by atoms with Gasteiger partial charge in [-0.15, -0.1) is 0 Å². The quantitative estimate of drug-likeness (QED) is 0.872. The molecule has 0 heterocycles. The first-order valence-corrected chi connectivity index (χ1v) is 7.22. The Balaban J connectivity index is 1.90. The molecular formula is C16H22F2O. The molecule has 0 amide bonds. The molecule has 1 fully saturated rings. The fourth-order valence-electron chi connectivity index (χ4n) is 3.06. The number of rotatable bonds is 4. The Morgan fingerprint density at radius 3 is 2.42 bits per heavy atom. The Kier molecular flexibility index (Phi) is 4.92. The minimum absolute atomic E-state index is 0.302. The van der Waals surface area contributed by atoms with Crippen molar-refractivity contribution in [2.24, 2.45) is 11.8 Å². The molecule has 1 unspecified atom stereocenters. The van der Waals surface area contributed by atoms with Gasteiger partial charge >= 0.3 is 0 Å². The summed E-state index contributed by atoms with van der Waals surface area (Å²) in [5.74, 6) is -0.566. The summed E-state index contributed by atoms with van der Waals surface area (Å²) < 4.78 is 25.9. The Bertz CT molecular complexity index is 411. The van der Waals surface area contributed by atoms with Crippen LogP contribution in [0.5, 0.6) is 0 Å². The van der Waals surface area contributed by atoms with Gasteiger partial charge in [-0.3, -0.25) is 0 Å². The number of benzene rings is 1. The first kappa shape index (κ1) is 14.4. The van der Waals surface area contributed by atoms with Crippen LogP contribution in [-0.2, 0) is 6.42 Å². The van der Waals surface area contributed by atoms with E-state index in [1.165, 1.54) is 25.3 Å². The van der Waals surface area contributed by atoms with Crippen LogP contribution in [0.15, 0.2) is 18.2 Å². The fraction of sp³-hybridized carbons (Fsp3) is 0.625. The summed E-state index contributed by atoms with van der Waals surface area (Å²) in [6, 6.07) is 3.88. The summed E-state index contributed by atoms with van der Waals surface area (Å²) in [4.78, 5) is 0. The highest BCUT2D eigenvalue weighted by atomic mass is 19.2. The summed E-state index contributed by atoms with van der Waals surface area (Å²) in [6.45, 7) is 2.21. The van der Waals surface area contributed by atoms with Crippen molar-refractivity contribution in [3.8, 4) is 0 Å². The van der Waals surface area contributed by atoms with Crippen LogP contribution in [0.25, 0.3) is 0 Å². The molecule has 106 valence electrons. The van der Waals surface area contributed by atoms with Crippen LogP contribution < -0.4 is 0 Å². The second kappa shape index (κ2) is 6.47. The van der Waals surface area contributed by atoms with Crippen LogP contribution in [0, 0.1) is 23.5 Å². The largest absolute Gasteiger partial charge is 0.392 e. The summed E-state index contributed by atoms with van der Waals surface area (Å²) in [5, 5.41) is 10.2. The van der Waals surface area contributed by atoms with Gasteiger partial charge in [0.2, 0.25) is 0 Å². The van der Waals surface area contributed by atoms with Crippen molar-refractivity contribution in [2.45, 2.75) is 51.6 Å². The van der Waals surface area contributed by atoms with E-state index in [-0.39, 0.29) is 0 Å². The molecule has 1 N–H and O–H groups in total. The zero-order valence-electron chi connectivity index (χ0n) is 11.4. The van der Waals surface area contributed by atoms with Crippen molar-refractivity contribution in [2.75, 3.05) is 0 Å². The molecule has 1 nitrogen and oxygen atoms in total. The third-order valence-electron chi connectivity index (χ3n) is 4.44. The molecule has 2 rings (SSSR count). The number of halogens is 2. The minimum Gasteiger partial charge on any atom is -0.392 e. The first-order valence-electron chi connectivity index (χ1n) is 7.22. The van der Waals surface area contributed by atoms with E-state index in [9.17, 15) is 13.9 Å². The van der Waals surface area contributed by atoms with Gasteiger partial charge in [0.15, 0.2) is 11.6 Å². The zero-order valence-corrected chi connectivity index (χ0v) is 11.4. The molecule has 3 heteroatoms. The predicted octanol–water partition coefficient (Wildman–Crippen LogP) is 4.08. The van der Waals surface area contributed by atoms with Gasteiger partial charge in [0.1, 0.15) is 0 Å². The van der Waals surface area contributed by atoms with Crippen molar-refractivity contribution >= 4 is 0 Å². The van der Waals surface area contributed by atoms with Crippen LogP contribution in [0.4, 0.5) is 8.78 Å². The highest BCUT2D eigenvalue weighted by molar-refractivity contribution is 5.18. The minimum atomic E-state index is -0.834. The normalized spacial score (nSPS) is 25.3. The summed E-state index contributed by atoms with van der Waals surface area (Å²) >= 11 is 0. The number of aliphatic hydroxyl groups excluding tert-OH is 1. The van der Waals surface area contributed by atoms with Gasteiger partial charge < -0.3 is 5.11 Å². The first-order chi connectivity index (χ1) is 9.10. The Labute approximate surface area is 113 Å². The van der Waals surface area contributed by atoms with Gasteiger partial charge in [-0.1, -0.05) is 32.3 Å². The van der Waals surface area contributed by atoms with E-state index in [1.807, 2.05) is 0 Å². The van der Waals surface area contributed by atoms with Gasteiger partial charge in [0.05, 0.1) is 6.10 Å². The number of hydrogen-bond acceptors (Lipinski definition) is 1. The Morgan fingerprint density at radius 2 is 1.84 bits per heavy atom. The van der Waals surface area contributed by atoms with Gasteiger partial charge in [-0.25, -0.2) is 8.78 Å². The molecular weight excluding hydrogens is 246 g/mol. The number of hydrogen-bond donors (Lipinski definition) is 1. The maximum atomic E-state index is 13.1. The van der Waals surface area contributed by atoms with Crippen LogP contribution in [0.3, 0.4) is 0 Å². The van der Waals surface area contributed by atoms with Crippen molar-refractivity contribution in [3.05, 3.63) is 35.4 Å². The van der Waals surface area contributed by atoms with E-state index in [2.05, 4.69) is 6.92 Å². The topological polar surface area (TPSA) is 20.2 Å². The van der Waals surface area contributed by atoms with E-state index in [0.29, 0.717) is 17.9 Å². The van der Waals surface area contributed by atoms with Crippen LogP contribution >= 0.6 is 0 Å². The van der Waals surface area contributed by atoms with E-state index >= 15 is 0 Å². The van der Waals surface area contributed by atoms with Gasteiger partial charge in [-0.05, 0) is 48.8 Å². The molecule has 19 heavy (non-hydrogen) atoms. The third kappa shape index (κ3) is 3.75. The molecule has 1 saturated carbocycles. The molecule has 1 aromatic rings. The van der Waals surface area contributed by atoms with Crippen molar-refractivity contribution in [3.63, 3.8) is 0 Å². The summed E-state index contributed by atoms with van der Waals surface area (Å²) in [6.07, 6.45) is 5.63. The molecule has 0 saturated heterocycles. The predicted molar refractivity (Wildman–Crippen MR) is 71.8 cm³/mol. The standard InChI is InChI=1S/C16H22F2O/c1-2-11-3-6-13(7-4-11)16(19)10-12-5-8-14(17)15(18)9-12/h5,8-9,11,13,16,19H,2-4,6-7,10H2,1H3. The highest BCUT2D eigenvalue weighted by Gasteiger charge is 2.25. The SMILES string of the molecule is CCC1CCC(C(O)Cc2ccc(F)c(F)c2)CC1. The lowest BCUT2D eigenvalue weighted by Crippen LogP contribution is -2.27. The lowest BCUT2D eigenvalue weighted by atomic mass is 9.77. The van der Waals surface area contributed by atoms with Crippen LogP contribution in [0.2, 0.25) is 0 Å². The molecule has 0 spiro atoms. The molecule has 1 atom stereocenters. The van der Waals surface area contributed by atoms with Crippen LogP contribution in [0.1, 0.15) is 44.6 Å². The molecule has 1 aliphatic rings. The van der Waals surface area contributed by atoms with Gasteiger partial charge in [0, 0.05) is 0 Å². The average molecular weight is 268 g/mol. The lowest BCUT2D eigenvalue weighted by molar-refractivity contribution is 0.0734. The molecule has 0 bridgehead atoms. The average Bonchev–Trinajstić information content (AvgIpc) is 2.43. The van der Waals surface area contributed by atoms with Gasteiger partial charge in [-0.2, -0.15) is 0 Å². The van der Waals surface area contributed by atoms with E-state index in [1.54, 1.807) is 6.07 Å². The third-order valence-corrected chi connectivity index (χ3v) is 4.44. The van der Waals surface area contributed by atoms with E-state index < -0.39 is 17.7 Å². The second-order valence-electron chi connectivity index (χ2n) is 5.71. The van der Waals surface area contributed by atoms with Crippen molar-refractivity contribution in [1.82, 2.24) is 0 Å². The van der Waals surface area contributed by atoms with Crippen LogP contribution in [-0.4, -0.2) is 11.2 Å². The maximum absolute atomic E-state index is 13.1. The molecule has 0 aliphatic heterocycles. The van der Waals surface area contributed by atoms with E-state index in [0.717, 1.165) is 24.8 Å². The maximum Gasteiger partial charge on any atom is 0.159 e. The highest BCUT2D eigenvalue weighted by Crippen LogP contribution is 2.33. The summed E-state index contributed by atoms with van der Waals surface area (Å²) in [5.41, 5.74) is 0.670. The monoisotopic (exact) mass is 268 g/mol. The Hall–Kier alpha value is -0.960. The molecule has 0 radical (unpaired) electrons. The second-order valence-corrected chi connectivity index (χ2v) is 5.71. The zero-order chi connectivity index (χ0) is 13.8. The van der Waals surface area contributed by atoms with E-state index in [4.69, 9.17) is 0 Å². The smallest absolute Gasteiger partial charge is 0.159 e. The molecule has 1 aliphatic carbocycles. The van der Waals surface area contributed by atoms with Gasteiger partial charge in [0.25, 0.3) is 0 Å². The fourth-order valence-corrected chi connectivity index (χ4v) is 3.06.